The van der Waals surface area contributed by atoms with Crippen LogP contribution in [0.1, 0.15) is 28.1 Å². The van der Waals surface area contributed by atoms with Gasteiger partial charge in [-0.15, -0.1) is 11.3 Å². The van der Waals surface area contributed by atoms with E-state index in [4.69, 9.17) is 0 Å². The summed E-state index contributed by atoms with van der Waals surface area (Å²) in [6.07, 6.45) is 0.825. The number of carbonyl (C=O) groups excluding carboxylic acids is 3. The Morgan fingerprint density at radius 2 is 2.26 bits per heavy atom. The SMILES string of the molecule is COC(=O)c1scc(C)c1NC(=O)C1CCC(=O)N1. The van der Waals surface area contributed by atoms with Crippen molar-refractivity contribution in [2.24, 2.45) is 0 Å². The van der Waals surface area contributed by atoms with Crippen molar-refractivity contribution < 1.29 is 19.1 Å². The molecule has 1 aliphatic heterocycles. The van der Waals surface area contributed by atoms with Gasteiger partial charge in [-0.1, -0.05) is 0 Å². The van der Waals surface area contributed by atoms with Gasteiger partial charge in [0.25, 0.3) is 0 Å². The molecule has 19 heavy (non-hydrogen) atoms. The molecule has 2 rings (SSSR count). The molecular formula is C12H14N2O4S. The second-order valence-electron chi connectivity index (χ2n) is 4.26. The van der Waals surface area contributed by atoms with Crippen molar-refractivity contribution in [1.29, 1.82) is 0 Å². The van der Waals surface area contributed by atoms with Gasteiger partial charge in [-0.25, -0.2) is 4.79 Å². The van der Waals surface area contributed by atoms with E-state index in [9.17, 15) is 14.4 Å². The van der Waals surface area contributed by atoms with Crippen LogP contribution < -0.4 is 10.6 Å². The number of esters is 1. The maximum Gasteiger partial charge on any atom is 0.350 e. The van der Waals surface area contributed by atoms with Crippen LogP contribution in [0.3, 0.4) is 0 Å². The summed E-state index contributed by atoms with van der Waals surface area (Å²) >= 11 is 1.22. The molecule has 1 aromatic heterocycles. The lowest BCUT2D eigenvalue weighted by atomic mass is 10.2. The molecule has 7 heteroatoms. The zero-order chi connectivity index (χ0) is 14.0. The molecule has 1 unspecified atom stereocenters. The molecule has 0 bridgehead atoms. The first kappa shape index (κ1) is 13.5. The maximum atomic E-state index is 12.0. The molecule has 1 saturated heterocycles. The van der Waals surface area contributed by atoms with E-state index in [1.165, 1.54) is 18.4 Å². The van der Waals surface area contributed by atoms with Gasteiger partial charge >= 0.3 is 5.97 Å². The first-order valence-electron chi connectivity index (χ1n) is 5.79. The van der Waals surface area contributed by atoms with Gasteiger partial charge in [0.2, 0.25) is 11.8 Å². The number of carbonyl (C=O) groups is 3. The van der Waals surface area contributed by atoms with Crippen LogP contribution in [0.25, 0.3) is 0 Å². The fourth-order valence-electron chi connectivity index (χ4n) is 1.86. The third-order valence-corrected chi connectivity index (χ3v) is 3.98. The number of amides is 2. The van der Waals surface area contributed by atoms with E-state index in [2.05, 4.69) is 15.4 Å². The summed E-state index contributed by atoms with van der Waals surface area (Å²) in [4.78, 5) is 35.0. The summed E-state index contributed by atoms with van der Waals surface area (Å²) in [5.74, 6) is -0.920. The lowest BCUT2D eigenvalue weighted by Gasteiger charge is -2.12. The van der Waals surface area contributed by atoms with Crippen molar-refractivity contribution in [2.75, 3.05) is 12.4 Å². The molecule has 0 saturated carbocycles. The number of hydrogen-bond donors (Lipinski definition) is 2. The highest BCUT2D eigenvalue weighted by atomic mass is 32.1. The lowest BCUT2D eigenvalue weighted by Crippen LogP contribution is -2.37. The summed E-state index contributed by atoms with van der Waals surface area (Å²) < 4.78 is 4.66. The molecule has 1 fully saturated rings. The van der Waals surface area contributed by atoms with Gasteiger partial charge in [0, 0.05) is 6.42 Å². The normalized spacial score (nSPS) is 18.0. The van der Waals surface area contributed by atoms with E-state index in [0.29, 0.717) is 23.4 Å². The highest BCUT2D eigenvalue weighted by Gasteiger charge is 2.28. The van der Waals surface area contributed by atoms with Crippen molar-refractivity contribution >= 4 is 34.8 Å². The van der Waals surface area contributed by atoms with E-state index in [1.54, 1.807) is 12.3 Å². The number of methoxy groups -OCH3 is 1. The van der Waals surface area contributed by atoms with Crippen LogP contribution in [0.5, 0.6) is 0 Å². The van der Waals surface area contributed by atoms with Crippen molar-refractivity contribution in [1.82, 2.24) is 5.32 Å². The molecule has 0 radical (unpaired) electrons. The van der Waals surface area contributed by atoms with Crippen molar-refractivity contribution in [3.8, 4) is 0 Å². The Morgan fingerprint density at radius 3 is 2.84 bits per heavy atom. The van der Waals surface area contributed by atoms with E-state index in [1.807, 2.05) is 0 Å². The fraction of sp³-hybridized carbons (Fsp3) is 0.417. The number of nitrogens with one attached hydrogen (secondary N) is 2. The van der Waals surface area contributed by atoms with Crippen molar-refractivity contribution in [2.45, 2.75) is 25.8 Å². The number of thiophene rings is 1. The number of rotatable bonds is 3. The fourth-order valence-corrected chi connectivity index (χ4v) is 2.79. The first-order valence-corrected chi connectivity index (χ1v) is 6.67. The Bertz CT molecular complexity index is 538. The number of hydrogen-bond acceptors (Lipinski definition) is 5. The minimum absolute atomic E-state index is 0.129. The molecule has 0 aliphatic carbocycles. The third kappa shape index (κ3) is 2.76. The van der Waals surface area contributed by atoms with Crippen molar-refractivity contribution in [3.05, 3.63) is 15.8 Å². The van der Waals surface area contributed by atoms with E-state index in [-0.39, 0.29) is 11.8 Å². The Balaban J connectivity index is 2.14. The summed E-state index contributed by atoms with van der Waals surface area (Å²) in [6.45, 7) is 1.80. The smallest absolute Gasteiger partial charge is 0.350 e. The highest BCUT2D eigenvalue weighted by molar-refractivity contribution is 7.12. The van der Waals surface area contributed by atoms with E-state index in [0.717, 1.165) is 5.56 Å². The first-order chi connectivity index (χ1) is 9.02. The quantitative estimate of drug-likeness (QED) is 0.812. The molecule has 0 aromatic carbocycles. The van der Waals surface area contributed by atoms with Crippen LogP contribution in [0.2, 0.25) is 0 Å². The molecule has 2 heterocycles. The minimum Gasteiger partial charge on any atom is -0.465 e. The molecule has 1 aromatic rings. The third-order valence-electron chi connectivity index (χ3n) is 2.91. The highest BCUT2D eigenvalue weighted by Crippen LogP contribution is 2.28. The van der Waals surface area contributed by atoms with Crippen LogP contribution in [-0.4, -0.2) is 30.9 Å². The molecule has 2 N–H and O–H groups in total. The van der Waals surface area contributed by atoms with Gasteiger partial charge < -0.3 is 15.4 Å². The van der Waals surface area contributed by atoms with Crippen LogP contribution in [0, 0.1) is 6.92 Å². The second kappa shape index (κ2) is 5.40. The van der Waals surface area contributed by atoms with Crippen LogP contribution in [-0.2, 0) is 14.3 Å². The van der Waals surface area contributed by atoms with Gasteiger partial charge in [0.1, 0.15) is 10.9 Å². The number of aryl methyl sites for hydroxylation is 1. The predicted octanol–water partition coefficient (Wildman–Crippen LogP) is 1.06. The molecule has 0 spiro atoms. The zero-order valence-electron chi connectivity index (χ0n) is 10.6. The Morgan fingerprint density at radius 1 is 1.53 bits per heavy atom. The Kier molecular flexibility index (Phi) is 3.84. The van der Waals surface area contributed by atoms with Crippen molar-refractivity contribution in [3.63, 3.8) is 0 Å². The Labute approximate surface area is 114 Å². The Hall–Kier alpha value is -1.89. The summed E-state index contributed by atoms with van der Waals surface area (Å²) in [6, 6.07) is -0.530. The molecule has 1 aliphatic rings. The van der Waals surface area contributed by atoms with Crippen LogP contribution >= 0.6 is 11.3 Å². The summed E-state index contributed by atoms with van der Waals surface area (Å²) in [5.41, 5.74) is 1.26. The predicted molar refractivity (Wildman–Crippen MR) is 70.2 cm³/mol. The second-order valence-corrected chi connectivity index (χ2v) is 5.14. The lowest BCUT2D eigenvalue weighted by molar-refractivity contribution is -0.122. The van der Waals surface area contributed by atoms with E-state index < -0.39 is 12.0 Å². The summed E-state index contributed by atoms with van der Waals surface area (Å²) in [5, 5.41) is 7.05. The average molecular weight is 282 g/mol. The van der Waals surface area contributed by atoms with Crippen LogP contribution in [0.4, 0.5) is 5.69 Å². The van der Waals surface area contributed by atoms with Gasteiger partial charge in [-0.2, -0.15) is 0 Å². The largest absolute Gasteiger partial charge is 0.465 e. The topological polar surface area (TPSA) is 84.5 Å². The van der Waals surface area contributed by atoms with Gasteiger partial charge in [0.05, 0.1) is 12.8 Å². The molecule has 6 nitrogen and oxygen atoms in total. The molecule has 2 amide bonds. The van der Waals surface area contributed by atoms with Gasteiger partial charge in [-0.3, -0.25) is 9.59 Å². The molecule has 1 atom stereocenters. The van der Waals surface area contributed by atoms with Gasteiger partial charge in [0.15, 0.2) is 0 Å². The maximum absolute atomic E-state index is 12.0. The number of anilines is 1. The molecule has 102 valence electrons. The average Bonchev–Trinajstić information content (AvgIpc) is 2.96. The standard InChI is InChI=1S/C12H14N2O4S/c1-6-5-19-10(12(17)18-2)9(6)14-11(16)7-3-4-8(15)13-7/h5,7H,3-4H2,1-2H3,(H,13,15)(H,14,16). The van der Waals surface area contributed by atoms with Gasteiger partial charge in [-0.05, 0) is 24.3 Å². The summed E-state index contributed by atoms with van der Waals surface area (Å²) in [7, 11) is 1.29. The van der Waals surface area contributed by atoms with E-state index >= 15 is 0 Å². The molecular weight excluding hydrogens is 268 g/mol. The van der Waals surface area contributed by atoms with Crippen LogP contribution in [0.15, 0.2) is 5.38 Å². The number of ether oxygens (including phenoxy) is 1. The monoisotopic (exact) mass is 282 g/mol. The minimum atomic E-state index is -0.530. The zero-order valence-corrected chi connectivity index (χ0v) is 11.4.